The van der Waals surface area contributed by atoms with Gasteiger partial charge >= 0.3 is 0 Å². The minimum Gasteiger partial charge on any atom is -0.207 e. The molecule has 2 aromatic rings. The Labute approximate surface area is 170 Å². The van der Waals surface area contributed by atoms with Crippen LogP contribution < -0.4 is 0 Å². The molecule has 28 heavy (non-hydrogen) atoms. The molecular weight excluding hydrogens is 343 g/mol. The molecule has 0 aromatic heterocycles. The van der Waals surface area contributed by atoms with E-state index in [0.717, 1.165) is 28.5 Å². The summed E-state index contributed by atoms with van der Waals surface area (Å²) in [4.78, 5) is 0. The summed E-state index contributed by atoms with van der Waals surface area (Å²) in [5, 5.41) is 2.21. The zero-order chi connectivity index (χ0) is 19.3. The minimum absolute atomic E-state index is 0.124. The maximum Gasteiger partial charge on any atom is 0.123 e. The van der Waals surface area contributed by atoms with Gasteiger partial charge in [0.25, 0.3) is 0 Å². The van der Waals surface area contributed by atoms with E-state index in [9.17, 15) is 4.39 Å². The van der Waals surface area contributed by atoms with Crippen molar-refractivity contribution in [2.24, 2.45) is 17.8 Å². The monoisotopic (exact) mass is 380 g/mol. The molecule has 2 aliphatic rings. The van der Waals surface area contributed by atoms with Gasteiger partial charge in [-0.2, -0.15) is 0 Å². The Morgan fingerprint density at radius 1 is 0.786 bits per heavy atom. The molecule has 0 saturated heterocycles. The van der Waals surface area contributed by atoms with E-state index in [4.69, 9.17) is 0 Å². The first-order valence-corrected chi connectivity index (χ1v) is 11.9. The predicted octanol–water partition coefficient (Wildman–Crippen LogP) is 8.64. The quantitative estimate of drug-likeness (QED) is 0.422. The fraction of sp³-hybridized carbons (Fsp3) is 0.630. The van der Waals surface area contributed by atoms with E-state index >= 15 is 0 Å². The van der Waals surface area contributed by atoms with Gasteiger partial charge in [0.1, 0.15) is 5.82 Å². The van der Waals surface area contributed by atoms with Gasteiger partial charge in [-0.25, -0.2) is 4.39 Å². The van der Waals surface area contributed by atoms with Crippen molar-refractivity contribution in [1.82, 2.24) is 0 Å². The zero-order valence-electron chi connectivity index (χ0n) is 17.6. The number of hydrogen-bond donors (Lipinski definition) is 0. The summed E-state index contributed by atoms with van der Waals surface area (Å²) in [5.41, 5.74) is 1.44. The predicted molar refractivity (Wildman–Crippen MR) is 118 cm³/mol. The number of rotatable bonds is 7. The highest BCUT2D eigenvalue weighted by Crippen LogP contribution is 2.48. The fourth-order valence-electron chi connectivity index (χ4n) is 6.08. The number of fused-ring (bicyclic) bond motifs is 2. The fourth-order valence-corrected chi connectivity index (χ4v) is 6.08. The largest absolute Gasteiger partial charge is 0.207 e. The molecule has 0 spiro atoms. The minimum atomic E-state index is -0.124. The van der Waals surface area contributed by atoms with Gasteiger partial charge < -0.3 is 0 Å². The van der Waals surface area contributed by atoms with Gasteiger partial charge in [-0.1, -0.05) is 76.1 Å². The van der Waals surface area contributed by atoms with Crippen LogP contribution in [-0.4, -0.2) is 0 Å². The van der Waals surface area contributed by atoms with Crippen LogP contribution in [0.2, 0.25) is 0 Å². The Morgan fingerprint density at radius 2 is 1.57 bits per heavy atom. The van der Waals surface area contributed by atoms with Crippen molar-refractivity contribution in [3.63, 3.8) is 0 Å². The summed E-state index contributed by atoms with van der Waals surface area (Å²) in [6, 6.07) is 11.9. The molecule has 1 heteroatoms. The van der Waals surface area contributed by atoms with Gasteiger partial charge in [-0.3, -0.25) is 0 Å². The Morgan fingerprint density at radius 3 is 2.46 bits per heavy atom. The van der Waals surface area contributed by atoms with E-state index in [1.165, 1.54) is 82.6 Å². The van der Waals surface area contributed by atoms with Gasteiger partial charge in [-0.15, -0.1) is 0 Å². The lowest BCUT2D eigenvalue weighted by atomic mass is 9.63. The standard InChI is InChI=1S/C27H37F/c1-2-3-4-5-6-7-20-8-9-23-17-24(13-12-22(23)16-20)25-11-10-21-14-15-27(28)19-26(21)18-25/h10-11,14-15,18-20,22-24H,2-9,12-13,16-17H2,1H3. The van der Waals surface area contributed by atoms with Crippen LogP contribution in [-0.2, 0) is 0 Å². The van der Waals surface area contributed by atoms with Crippen LogP contribution in [0.5, 0.6) is 0 Å². The van der Waals surface area contributed by atoms with Crippen molar-refractivity contribution in [2.45, 2.75) is 89.9 Å². The lowest BCUT2D eigenvalue weighted by molar-refractivity contribution is 0.113. The SMILES string of the molecule is CCCCCCCC1CCC2CC(c3ccc4ccc(F)cc4c3)CCC2C1. The molecule has 4 unspecified atom stereocenters. The molecule has 0 radical (unpaired) electrons. The molecule has 0 amide bonds. The summed E-state index contributed by atoms with van der Waals surface area (Å²) in [7, 11) is 0. The maximum absolute atomic E-state index is 13.6. The Balaban J connectivity index is 1.31. The van der Waals surface area contributed by atoms with Crippen LogP contribution in [0.25, 0.3) is 10.8 Å². The molecule has 0 N–H and O–H groups in total. The highest BCUT2D eigenvalue weighted by molar-refractivity contribution is 5.83. The number of halogens is 1. The van der Waals surface area contributed by atoms with Crippen LogP contribution in [0.15, 0.2) is 36.4 Å². The second-order valence-corrected chi connectivity index (χ2v) is 9.66. The summed E-state index contributed by atoms with van der Waals surface area (Å²) >= 11 is 0. The molecule has 2 saturated carbocycles. The first kappa shape index (κ1) is 19.9. The molecule has 2 fully saturated rings. The first-order chi connectivity index (χ1) is 13.7. The molecule has 152 valence electrons. The second-order valence-electron chi connectivity index (χ2n) is 9.66. The van der Waals surface area contributed by atoms with Crippen molar-refractivity contribution in [3.05, 3.63) is 47.8 Å². The Hall–Kier alpha value is -1.37. The molecule has 4 rings (SSSR count). The van der Waals surface area contributed by atoms with Crippen molar-refractivity contribution in [2.75, 3.05) is 0 Å². The van der Waals surface area contributed by atoms with Crippen molar-refractivity contribution in [1.29, 1.82) is 0 Å². The van der Waals surface area contributed by atoms with Crippen LogP contribution in [0, 0.1) is 23.6 Å². The zero-order valence-corrected chi connectivity index (χ0v) is 17.6. The van der Waals surface area contributed by atoms with Crippen molar-refractivity contribution < 1.29 is 4.39 Å². The van der Waals surface area contributed by atoms with Gasteiger partial charge in [-0.05, 0) is 84.2 Å². The average Bonchev–Trinajstić information content (AvgIpc) is 2.72. The van der Waals surface area contributed by atoms with Crippen LogP contribution in [0.3, 0.4) is 0 Å². The summed E-state index contributed by atoms with van der Waals surface area (Å²) in [5.74, 6) is 3.46. The van der Waals surface area contributed by atoms with E-state index in [1.54, 1.807) is 12.1 Å². The molecule has 0 heterocycles. The third kappa shape index (κ3) is 4.78. The number of benzene rings is 2. The molecule has 0 aliphatic heterocycles. The second kappa shape index (κ2) is 9.42. The van der Waals surface area contributed by atoms with Gasteiger partial charge in [0.15, 0.2) is 0 Å². The molecule has 2 aliphatic carbocycles. The normalized spacial score (nSPS) is 27.6. The maximum atomic E-state index is 13.6. The molecule has 2 aromatic carbocycles. The Kier molecular flexibility index (Phi) is 6.70. The lowest BCUT2D eigenvalue weighted by Crippen LogP contribution is -2.30. The summed E-state index contributed by atoms with van der Waals surface area (Å²) < 4.78 is 13.6. The van der Waals surface area contributed by atoms with Crippen molar-refractivity contribution >= 4 is 10.8 Å². The van der Waals surface area contributed by atoms with E-state index in [-0.39, 0.29) is 5.82 Å². The number of hydrogen-bond acceptors (Lipinski definition) is 0. The molecule has 4 atom stereocenters. The smallest absolute Gasteiger partial charge is 0.123 e. The molecule has 0 nitrogen and oxygen atoms in total. The van der Waals surface area contributed by atoms with Gasteiger partial charge in [0.2, 0.25) is 0 Å². The van der Waals surface area contributed by atoms with Crippen LogP contribution in [0.1, 0.15) is 95.5 Å². The van der Waals surface area contributed by atoms with Crippen LogP contribution in [0.4, 0.5) is 4.39 Å². The van der Waals surface area contributed by atoms with E-state index < -0.39 is 0 Å². The van der Waals surface area contributed by atoms with Gasteiger partial charge in [0.05, 0.1) is 0 Å². The molecule has 0 bridgehead atoms. The molecular formula is C27H37F. The Bertz CT molecular complexity index is 764. The summed E-state index contributed by atoms with van der Waals surface area (Å²) in [6.45, 7) is 2.30. The summed E-state index contributed by atoms with van der Waals surface area (Å²) in [6.07, 6.45) is 17.1. The topological polar surface area (TPSA) is 0 Å². The third-order valence-electron chi connectivity index (χ3n) is 7.74. The highest BCUT2D eigenvalue weighted by Gasteiger charge is 2.35. The van der Waals surface area contributed by atoms with Crippen LogP contribution >= 0.6 is 0 Å². The van der Waals surface area contributed by atoms with E-state index in [2.05, 4.69) is 25.1 Å². The van der Waals surface area contributed by atoms with E-state index in [0.29, 0.717) is 5.92 Å². The van der Waals surface area contributed by atoms with Crippen molar-refractivity contribution in [3.8, 4) is 0 Å². The first-order valence-electron chi connectivity index (χ1n) is 11.9. The number of unbranched alkanes of at least 4 members (excludes halogenated alkanes) is 4. The van der Waals surface area contributed by atoms with E-state index in [1.807, 2.05) is 6.07 Å². The van der Waals surface area contributed by atoms with Gasteiger partial charge in [0, 0.05) is 0 Å². The average molecular weight is 381 g/mol. The lowest BCUT2D eigenvalue weighted by Gasteiger charge is -2.42. The highest BCUT2D eigenvalue weighted by atomic mass is 19.1. The third-order valence-corrected chi connectivity index (χ3v) is 7.74.